The van der Waals surface area contributed by atoms with E-state index in [-0.39, 0.29) is 5.82 Å². The van der Waals surface area contributed by atoms with Crippen LogP contribution in [0.5, 0.6) is 0 Å². The summed E-state index contributed by atoms with van der Waals surface area (Å²) in [5.41, 5.74) is 1.59. The van der Waals surface area contributed by atoms with E-state index < -0.39 is 0 Å². The smallest absolute Gasteiger partial charge is 0.207 e. The highest BCUT2D eigenvalue weighted by atomic mass is 35.5. The molecule has 1 aliphatic carbocycles. The van der Waals surface area contributed by atoms with Crippen LogP contribution in [0.25, 0.3) is 5.69 Å². The highest BCUT2D eigenvalue weighted by Gasteiger charge is 2.17. The minimum Gasteiger partial charge on any atom is -0.353 e. The van der Waals surface area contributed by atoms with Crippen molar-refractivity contribution in [3.8, 4) is 5.69 Å². The fourth-order valence-electron chi connectivity index (χ4n) is 2.90. The summed E-state index contributed by atoms with van der Waals surface area (Å²) >= 11 is 5.96. The summed E-state index contributed by atoms with van der Waals surface area (Å²) < 4.78 is 15.4. The van der Waals surface area contributed by atoms with Gasteiger partial charge in [0.25, 0.3) is 0 Å². The number of rotatable bonds is 3. The molecule has 21 heavy (non-hydrogen) atoms. The van der Waals surface area contributed by atoms with E-state index in [0.29, 0.717) is 16.8 Å². The molecule has 1 aromatic carbocycles. The predicted molar refractivity (Wildman–Crippen MR) is 83.8 cm³/mol. The molecule has 0 saturated heterocycles. The quantitative estimate of drug-likeness (QED) is 0.889. The van der Waals surface area contributed by atoms with Crippen LogP contribution in [0, 0.1) is 12.7 Å². The van der Waals surface area contributed by atoms with Crippen molar-refractivity contribution in [1.82, 2.24) is 9.55 Å². The van der Waals surface area contributed by atoms with E-state index in [1.807, 2.05) is 17.7 Å². The highest BCUT2D eigenvalue weighted by molar-refractivity contribution is 6.30. The van der Waals surface area contributed by atoms with Gasteiger partial charge in [-0.2, -0.15) is 0 Å². The molecule has 0 radical (unpaired) electrons. The van der Waals surface area contributed by atoms with Crippen molar-refractivity contribution in [2.45, 2.75) is 45.1 Å². The van der Waals surface area contributed by atoms with Gasteiger partial charge < -0.3 is 5.32 Å². The first-order valence-electron chi connectivity index (χ1n) is 7.41. The average molecular weight is 308 g/mol. The van der Waals surface area contributed by atoms with E-state index in [0.717, 1.165) is 24.5 Å². The van der Waals surface area contributed by atoms with Gasteiger partial charge in [0.15, 0.2) is 0 Å². The van der Waals surface area contributed by atoms with Crippen molar-refractivity contribution in [3.05, 3.63) is 40.9 Å². The summed E-state index contributed by atoms with van der Waals surface area (Å²) in [6.07, 6.45) is 8.04. The van der Waals surface area contributed by atoms with Crippen molar-refractivity contribution >= 4 is 17.5 Å². The Bertz CT molecular complexity index is 612. The van der Waals surface area contributed by atoms with Crippen LogP contribution in [0.3, 0.4) is 0 Å². The van der Waals surface area contributed by atoms with Gasteiger partial charge >= 0.3 is 0 Å². The summed E-state index contributed by atoms with van der Waals surface area (Å²) in [6, 6.07) is 4.98. The van der Waals surface area contributed by atoms with Gasteiger partial charge in [-0.1, -0.05) is 30.9 Å². The molecule has 3 rings (SSSR count). The van der Waals surface area contributed by atoms with E-state index in [9.17, 15) is 4.39 Å². The normalized spacial score (nSPS) is 16.1. The molecule has 0 spiro atoms. The number of nitrogens with one attached hydrogen (secondary N) is 1. The molecule has 1 N–H and O–H groups in total. The van der Waals surface area contributed by atoms with Gasteiger partial charge in [0.1, 0.15) is 5.82 Å². The molecule has 0 unspecified atom stereocenters. The van der Waals surface area contributed by atoms with Crippen LogP contribution in [-0.2, 0) is 0 Å². The second-order valence-corrected chi connectivity index (χ2v) is 6.12. The second-order valence-electron chi connectivity index (χ2n) is 5.68. The van der Waals surface area contributed by atoms with Crippen LogP contribution in [0.15, 0.2) is 24.4 Å². The largest absolute Gasteiger partial charge is 0.353 e. The molecular weight excluding hydrogens is 289 g/mol. The van der Waals surface area contributed by atoms with Crippen LogP contribution in [-0.4, -0.2) is 15.6 Å². The lowest BCUT2D eigenvalue weighted by molar-refractivity contribution is 0.460. The van der Waals surface area contributed by atoms with Crippen LogP contribution in [0.4, 0.5) is 10.3 Å². The van der Waals surface area contributed by atoms with E-state index in [4.69, 9.17) is 11.6 Å². The highest BCUT2D eigenvalue weighted by Crippen LogP contribution is 2.25. The van der Waals surface area contributed by atoms with E-state index >= 15 is 0 Å². The minimum absolute atomic E-state index is 0.340. The van der Waals surface area contributed by atoms with Gasteiger partial charge in [0, 0.05) is 17.3 Å². The molecule has 112 valence electrons. The number of hydrogen-bond donors (Lipinski definition) is 1. The minimum atomic E-state index is -0.340. The predicted octanol–water partition coefficient (Wildman–Crippen LogP) is 4.72. The third-order valence-electron chi connectivity index (χ3n) is 3.89. The van der Waals surface area contributed by atoms with Crippen LogP contribution >= 0.6 is 11.6 Å². The molecule has 3 nitrogen and oxygen atoms in total. The van der Waals surface area contributed by atoms with Crippen molar-refractivity contribution in [2.75, 3.05) is 5.32 Å². The Hall–Kier alpha value is -1.55. The van der Waals surface area contributed by atoms with Crippen molar-refractivity contribution in [2.24, 2.45) is 0 Å². The Kier molecular flexibility index (Phi) is 4.15. The number of halogens is 2. The number of hydrogen-bond acceptors (Lipinski definition) is 2. The number of benzene rings is 1. The standard InChI is InChI=1S/C16H19ClFN3/c1-11-10-21(15-8-12(17)7-13(18)9-15)16(19-11)20-14-5-3-2-4-6-14/h7-10,14H,2-6H2,1H3,(H,19,20). The topological polar surface area (TPSA) is 29.9 Å². The summed E-state index contributed by atoms with van der Waals surface area (Å²) in [4.78, 5) is 4.53. The Morgan fingerprint density at radius 1 is 1.24 bits per heavy atom. The summed E-state index contributed by atoms with van der Waals surface area (Å²) in [5, 5.41) is 3.88. The van der Waals surface area contributed by atoms with E-state index in [1.165, 1.54) is 31.4 Å². The molecule has 1 aliphatic rings. The van der Waals surface area contributed by atoms with Crippen molar-refractivity contribution in [3.63, 3.8) is 0 Å². The zero-order valence-electron chi connectivity index (χ0n) is 12.1. The SMILES string of the molecule is Cc1cn(-c2cc(F)cc(Cl)c2)c(NC2CCCCC2)n1. The molecule has 5 heteroatoms. The maximum Gasteiger partial charge on any atom is 0.207 e. The van der Waals surface area contributed by atoms with Crippen molar-refractivity contribution in [1.29, 1.82) is 0 Å². The number of aromatic nitrogens is 2. The Balaban J connectivity index is 1.91. The first kappa shape index (κ1) is 14.4. The molecule has 1 heterocycles. The third kappa shape index (κ3) is 3.38. The molecule has 0 bridgehead atoms. The van der Waals surface area contributed by atoms with Crippen LogP contribution in [0.2, 0.25) is 5.02 Å². The molecule has 1 saturated carbocycles. The number of nitrogens with zero attached hydrogens (tertiary/aromatic N) is 2. The Morgan fingerprint density at radius 3 is 2.71 bits per heavy atom. The maximum atomic E-state index is 13.6. The van der Waals surface area contributed by atoms with E-state index in [1.54, 1.807) is 6.07 Å². The third-order valence-corrected chi connectivity index (χ3v) is 4.11. The van der Waals surface area contributed by atoms with Gasteiger partial charge in [-0.3, -0.25) is 4.57 Å². The van der Waals surface area contributed by atoms with Gasteiger partial charge in [-0.15, -0.1) is 0 Å². The second kappa shape index (κ2) is 6.06. The van der Waals surface area contributed by atoms with Crippen LogP contribution < -0.4 is 5.32 Å². The van der Waals surface area contributed by atoms with Gasteiger partial charge in [0.05, 0.1) is 11.4 Å². The lowest BCUT2D eigenvalue weighted by Crippen LogP contribution is -2.24. The maximum absolute atomic E-state index is 13.6. The molecule has 0 aliphatic heterocycles. The fourth-order valence-corrected chi connectivity index (χ4v) is 3.12. The van der Waals surface area contributed by atoms with Gasteiger partial charge in [-0.25, -0.2) is 9.37 Å². The zero-order valence-corrected chi connectivity index (χ0v) is 12.8. The fraction of sp³-hybridized carbons (Fsp3) is 0.438. The number of anilines is 1. The molecule has 2 aromatic rings. The van der Waals surface area contributed by atoms with Gasteiger partial charge in [0.2, 0.25) is 5.95 Å². The molecule has 0 amide bonds. The zero-order chi connectivity index (χ0) is 14.8. The first-order chi connectivity index (χ1) is 10.1. The molecule has 0 atom stereocenters. The number of imidazole rings is 1. The summed E-state index contributed by atoms with van der Waals surface area (Å²) in [5.74, 6) is 0.425. The molecule has 1 aromatic heterocycles. The van der Waals surface area contributed by atoms with Gasteiger partial charge in [-0.05, 0) is 38.0 Å². The summed E-state index contributed by atoms with van der Waals surface area (Å²) in [7, 11) is 0. The van der Waals surface area contributed by atoms with Crippen LogP contribution in [0.1, 0.15) is 37.8 Å². The molecular formula is C16H19ClFN3. The average Bonchev–Trinajstić information content (AvgIpc) is 2.80. The Morgan fingerprint density at radius 2 is 2.00 bits per heavy atom. The first-order valence-corrected chi connectivity index (χ1v) is 7.78. The monoisotopic (exact) mass is 307 g/mol. The van der Waals surface area contributed by atoms with E-state index in [2.05, 4.69) is 10.3 Å². The Labute approximate surface area is 129 Å². The van der Waals surface area contributed by atoms with Crippen molar-refractivity contribution < 1.29 is 4.39 Å². The lowest BCUT2D eigenvalue weighted by Gasteiger charge is -2.23. The lowest BCUT2D eigenvalue weighted by atomic mass is 9.96. The molecule has 1 fully saturated rings. The number of aryl methyl sites for hydroxylation is 1. The summed E-state index contributed by atoms with van der Waals surface area (Å²) in [6.45, 7) is 1.93.